The van der Waals surface area contributed by atoms with Crippen molar-refractivity contribution in [2.24, 2.45) is 0 Å². The summed E-state index contributed by atoms with van der Waals surface area (Å²) in [6, 6.07) is 0. The number of carbonyl (C=O) groups excluding carboxylic acids is 1. The van der Waals surface area contributed by atoms with Gasteiger partial charge >= 0.3 is 5.97 Å². The van der Waals surface area contributed by atoms with E-state index in [9.17, 15) is 4.79 Å². The molecule has 100 valence electrons. The van der Waals surface area contributed by atoms with Gasteiger partial charge in [0.2, 0.25) is 5.28 Å². The van der Waals surface area contributed by atoms with Crippen molar-refractivity contribution in [3.05, 3.63) is 22.7 Å². The van der Waals surface area contributed by atoms with E-state index < -0.39 is 5.97 Å². The summed E-state index contributed by atoms with van der Waals surface area (Å²) in [5, 5.41) is 0.0792. The van der Waals surface area contributed by atoms with E-state index in [0.29, 0.717) is 12.3 Å². The van der Waals surface area contributed by atoms with Crippen LogP contribution in [-0.2, 0) is 16.1 Å². The maximum Gasteiger partial charge on any atom is 0.341 e. The Hall–Kier alpha value is -1.20. The summed E-state index contributed by atoms with van der Waals surface area (Å²) < 4.78 is 10.5. The lowest BCUT2D eigenvalue weighted by Crippen LogP contribution is -2.21. The Morgan fingerprint density at radius 3 is 2.67 bits per heavy atom. The minimum atomic E-state index is -0.471. The van der Waals surface area contributed by atoms with Gasteiger partial charge in [-0.25, -0.2) is 14.8 Å². The highest BCUT2D eigenvalue weighted by Crippen LogP contribution is 2.15. The molecule has 0 unspecified atom stereocenters. The average molecular weight is 273 g/mol. The highest BCUT2D eigenvalue weighted by Gasteiger charge is 2.18. The molecule has 0 amide bonds. The summed E-state index contributed by atoms with van der Waals surface area (Å²) in [7, 11) is 0. The maximum absolute atomic E-state index is 11.7. The Morgan fingerprint density at radius 2 is 2.11 bits per heavy atom. The lowest BCUT2D eigenvalue weighted by molar-refractivity contribution is -0.0171. The second kappa shape index (κ2) is 6.11. The summed E-state index contributed by atoms with van der Waals surface area (Å²) >= 11 is 5.72. The first-order valence-corrected chi connectivity index (χ1v) is 6.04. The Bertz CT molecular complexity index is 430. The molecule has 1 heterocycles. The summed E-state index contributed by atoms with van der Waals surface area (Å²) in [5.41, 5.74) is 0.387. The first-order chi connectivity index (χ1) is 8.33. The quantitative estimate of drug-likeness (QED) is 0.623. The Labute approximate surface area is 111 Å². The molecule has 0 atom stereocenters. The summed E-state index contributed by atoms with van der Waals surface area (Å²) in [4.78, 5) is 19.5. The molecular formula is C12H17ClN2O3. The van der Waals surface area contributed by atoms with Crippen LogP contribution in [0, 0.1) is 0 Å². The molecule has 1 aromatic heterocycles. The molecular weight excluding hydrogens is 256 g/mol. The summed E-state index contributed by atoms with van der Waals surface area (Å²) in [6.07, 6.45) is 1.36. The fourth-order valence-corrected chi connectivity index (χ4v) is 1.32. The Kier molecular flexibility index (Phi) is 5.04. The molecule has 0 aliphatic rings. The van der Waals surface area contributed by atoms with Gasteiger partial charge in [0.05, 0.1) is 24.5 Å². The van der Waals surface area contributed by atoms with Gasteiger partial charge in [0, 0.05) is 6.20 Å². The molecule has 0 saturated carbocycles. The van der Waals surface area contributed by atoms with Crippen LogP contribution in [0.5, 0.6) is 0 Å². The molecule has 0 spiro atoms. The molecule has 0 N–H and O–H groups in total. The zero-order valence-corrected chi connectivity index (χ0v) is 11.7. The van der Waals surface area contributed by atoms with Crippen LogP contribution in [0.25, 0.3) is 0 Å². The monoisotopic (exact) mass is 272 g/mol. The highest BCUT2D eigenvalue weighted by molar-refractivity contribution is 6.28. The van der Waals surface area contributed by atoms with Crippen molar-refractivity contribution in [2.45, 2.75) is 39.9 Å². The van der Waals surface area contributed by atoms with Gasteiger partial charge < -0.3 is 9.47 Å². The normalized spacial score (nSPS) is 11.4. The summed E-state index contributed by atoms with van der Waals surface area (Å²) in [5.74, 6) is -0.471. The molecule has 0 saturated heterocycles. The second-order valence-electron chi connectivity index (χ2n) is 4.62. The van der Waals surface area contributed by atoms with Gasteiger partial charge in [0.15, 0.2) is 0 Å². The number of aromatic nitrogens is 2. The number of hydrogen-bond donors (Lipinski definition) is 0. The molecule has 6 heteroatoms. The van der Waals surface area contributed by atoms with Gasteiger partial charge in [-0.2, -0.15) is 0 Å². The lowest BCUT2D eigenvalue weighted by atomic mass is 10.2. The SMILES string of the molecule is CCOC(=O)c1cnc(Cl)nc1COC(C)(C)C. The topological polar surface area (TPSA) is 61.3 Å². The molecule has 0 radical (unpaired) electrons. The molecule has 0 fully saturated rings. The van der Waals surface area contributed by atoms with Crippen LogP contribution < -0.4 is 0 Å². The van der Waals surface area contributed by atoms with Crippen molar-refractivity contribution in [1.82, 2.24) is 9.97 Å². The second-order valence-corrected chi connectivity index (χ2v) is 4.96. The molecule has 5 nitrogen and oxygen atoms in total. The number of hydrogen-bond acceptors (Lipinski definition) is 5. The van der Waals surface area contributed by atoms with Crippen LogP contribution in [0.4, 0.5) is 0 Å². The Balaban J connectivity index is 2.93. The number of carbonyl (C=O) groups is 1. The first kappa shape index (κ1) is 14.9. The van der Waals surface area contributed by atoms with E-state index in [4.69, 9.17) is 21.1 Å². The van der Waals surface area contributed by atoms with Crippen LogP contribution in [0.1, 0.15) is 43.7 Å². The van der Waals surface area contributed by atoms with Crippen molar-refractivity contribution in [3.8, 4) is 0 Å². The van der Waals surface area contributed by atoms with E-state index in [-0.39, 0.29) is 23.1 Å². The van der Waals surface area contributed by atoms with Gasteiger partial charge in [-0.1, -0.05) is 0 Å². The number of halogens is 1. The zero-order chi connectivity index (χ0) is 13.8. The van der Waals surface area contributed by atoms with Crippen molar-refractivity contribution >= 4 is 17.6 Å². The highest BCUT2D eigenvalue weighted by atomic mass is 35.5. The average Bonchev–Trinajstić information content (AvgIpc) is 2.25. The van der Waals surface area contributed by atoms with Gasteiger partial charge in [0.25, 0.3) is 0 Å². The maximum atomic E-state index is 11.7. The van der Waals surface area contributed by atoms with Gasteiger partial charge in [-0.15, -0.1) is 0 Å². The van der Waals surface area contributed by atoms with E-state index >= 15 is 0 Å². The third-order valence-electron chi connectivity index (χ3n) is 1.98. The van der Waals surface area contributed by atoms with Gasteiger partial charge in [-0.05, 0) is 39.3 Å². The van der Waals surface area contributed by atoms with Gasteiger partial charge in [-0.3, -0.25) is 0 Å². The van der Waals surface area contributed by atoms with Crippen molar-refractivity contribution in [3.63, 3.8) is 0 Å². The minimum absolute atomic E-state index is 0.0792. The smallest absolute Gasteiger partial charge is 0.341 e. The predicted molar refractivity (Wildman–Crippen MR) is 67.5 cm³/mol. The van der Waals surface area contributed by atoms with Crippen LogP contribution >= 0.6 is 11.6 Å². The molecule has 0 aliphatic heterocycles. The molecule has 1 rings (SSSR count). The zero-order valence-electron chi connectivity index (χ0n) is 11.0. The lowest BCUT2D eigenvalue weighted by Gasteiger charge is -2.19. The number of ether oxygens (including phenoxy) is 2. The molecule has 0 bridgehead atoms. The van der Waals surface area contributed by atoms with Crippen molar-refractivity contribution < 1.29 is 14.3 Å². The largest absolute Gasteiger partial charge is 0.462 e. The summed E-state index contributed by atoms with van der Waals surface area (Å²) in [6.45, 7) is 7.96. The first-order valence-electron chi connectivity index (χ1n) is 5.66. The van der Waals surface area contributed by atoms with Crippen LogP contribution in [-0.4, -0.2) is 28.1 Å². The van der Waals surface area contributed by atoms with E-state index in [1.807, 2.05) is 20.8 Å². The molecule has 1 aromatic rings. The van der Waals surface area contributed by atoms with E-state index in [2.05, 4.69) is 9.97 Å². The van der Waals surface area contributed by atoms with Crippen LogP contribution in [0.15, 0.2) is 6.20 Å². The number of nitrogens with zero attached hydrogens (tertiary/aromatic N) is 2. The van der Waals surface area contributed by atoms with Crippen molar-refractivity contribution in [2.75, 3.05) is 6.61 Å². The molecule has 18 heavy (non-hydrogen) atoms. The predicted octanol–water partition coefficient (Wildman–Crippen LogP) is 2.62. The van der Waals surface area contributed by atoms with Crippen molar-refractivity contribution in [1.29, 1.82) is 0 Å². The third kappa shape index (κ3) is 4.58. The van der Waals surface area contributed by atoms with E-state index in [0.717, 1.165) is 0 Å². The third-order valence-corrected chi connectivity index (χ3v) is 2.16. The molecule has 0 aromatic carbocycles. The Morgan fingerprint density at radius 1 is 1.44 bits per heavy atom. The fourth-order valence-electron chi connectivity index (χ4n) is 1.17. The number of rotatable bonds is 4. The fraction of sp³-hybridized carbons (Fsp3) is 0.583. The van der Waals surface area contributed by atoms with E-state index in [1.165, 1.54) is 6.20 Å². The van der Waals surface area contributed by atoms with Crippen LogP contribution in [0.3, 0.4) is 0 Å². The molecule has 0 aliphatic carbocycles. The van der Waals surface area contributed by atoms with Crippen LogP contribution in [0.2, 0.25) is 5.28 Å². The van der Waals surface area contributed by atoms with E-state index in [1.54, 1.807) is 6.92 Å². The standard InChI is InChI=1S/C12H17ClN2O3/c1-5-17-10(16)8-6-14-11(13)15-9(8)7-18-12(2,3)4/h6H,5,7H2,1-4H3. The number of esters is 1. The van der Waals surface area contributed by atoms with Gasteiger partial charge in [0.1, 0.15) is 5.56 Å². The minimum Gasteiger partial charge on any atom is -0.462 e.